The molecule has 2 atom stereocenters. The Morgan fingerprint density at radius 1 is 1.17 bits per heavy atom. The van der Waals surface area contributed by atoms with Crippen molar-refractivity contribution < 1.29 is 4.74 Å². The van der Waals surface area contributed by atoms with Crippen LogP contribution in [0.1, 0.15) is 46.0 Å². The van der Waals surface area contributed by atoms with Gasteiger partial charge in [0.1, 0.15) is 0 Å². The van der Waals surface area contributed by atoms with Crippen LogP contribution >= 0.6 is 0 Å². The Kier molecular flexibility index (Phi) is 8.64. The Labute approximate surface area is 113 Å². The third kappa shape index (κ3) is 5.68. The van der Waals surface area contributed by atoms with Gasteiger partial charge in [0.05, 0.1) is 6.61 Å². The molecular formula is C15H32N2O. The molecule has 108 valence electrons. The number of hydrogen-bond donors (Lipinski definition) is 1. The Hall–Kier alpha value is -0.120. The lowest BCUT2D eigenvalue weighted by molar-refractivity contribution is 0.131. The monoisotopic (exact) mass is 256 g/mol. The number of ether oxygens (including phenoxy) is 1. The minimum atomic E-state index is 0.731. The average molecular weight is 256 g/mol. The molecular weight excluding hydrogens is 224 g/mol. The quantitative estimate of drug-likeness (QED) is 0.675. The Morgan fingerprint density at radius 3 is 2.61 bits per heavy atom. The summed E-state index contributed by atoms with van der Waals surface area (Å²) >= 11 is 0. The van der Waals surface area contributed by atoms with Crippen molar-refractivity contribution in [3.05, 3.63) is 0 Å². The van der Waals surface area contributed by atoms with Gasteiger partial charge in [0.2, 0.25) is 0 Å². The maximum absolute atomic E-state index is 5.21. The molecule has 0 aromatic rings. The van der Waals surface area contributed by atoms with E-state index in [1.54, 1.807) is 7.11 Å². The van der Waals surface area contributed by atoms with Crippen molar-refractivity contribution in [1.82, 2.24) is 10.2 Å². The van der Waals surface area contributed by atoms with Gasteiger partial charge in [0.15, 0.2) is 0 Å². The summed E-state index contributed by atoms with van der Waals surface area (Å²) in [4.78, 5) is 2.55. The lowest BCUT2D eigenvalue weighted by Crippen LogP contribution is -2.42. The summed E-state index contributed by atoms with van der Waals surface area (Å²) in [7, 11) is 1.79. The standard InChI is InChI=1S/C15H32N2O/c1-4-16-15-10-8-6-7-9-14(15)13-17(5-2)11-12-18-3/h14-16H,4-13H2,1-3H3. The molecule has 0 spiro atoms. The summed E-state index contributed by atoms with van der Waals surface area (Å²) in [6, 6.07) is 0.731. The van der Waals surface area contributed by atoms with E-state index in [0.29, 0.717) is 0 Å². The number of nitrogens with one attached hydrogen (secondary N) is 1. The molecule has 0 bridgehead atoms. The predicted octanol–water partition coefficient (Wildman–Crippen LogP) is 2.51. The highest BCUT2D eigenvalue weighted by Gasteiger charge is 2.24. The van der Waals surface area contributed by atoms with Gasteiger partial charge in [-0.15, -0.1) is 0 Å². The highest BCUT2D eigenvalue weighted by Crippen LogP contribution is 2.24. The average Bonchev–Trinajstić information content (AvgIpc) is 2.60. The minimum Gasteiger partial charge on any atom is -0.383 e. The van der Waals surface area contributed by atoms with Gasteiger partial charge < -0.3 is 15.0 Å². The molecule has 1 N–H and O–H groups in total. The fraction of sp³-hybridized carbons (Fsp3) is 1.00. The lowest BCUT2D eigenvalue weighted by atomic mass is 9.94. The van der Waals surface area contributed by atoms with Crippen molar-refractivity contribution in [2.45, 2.75) is 52.0 Å². The van der Waals surface area contributed by atoms with Crippen LogP contribution in [0.25, 0.3) is 0 Å². The van der Waals surface area contributed by atoms with Crippen LogP contribution in [0.3, 0.4) is 0 Å². The third-order valence-corrected chi connectivity index (χ3v) is 4.18. The van der Waals surface area contributed by atoms with E-state index in [1.807, 2.05) is 0 Å². The fourth-order valence-corrected chi connectivity index (χ4v) is 3.06. The van der Waals surface area contributed by atoms with Crippen LogP contribution in [0, 0.1) is 5.92 Å². The number of nitrogens with zero attached hydrogens (tertiary/aromatic N) is 1. The van der Waals surface area contributed by atoms with E-state index in [9.17, 15) is 0 Å². The molecule has 0 aliphatic heterocycles. The van der Waals surface area contributed by atoms with Crippen molar-refractivity contribution in [3.63, 3.8) is 0 Å². The molecule has 0 aromatic heterocycles. The first-order chi connectivity index (χ1) is 8.81. The van der Waals surface area contributed by atoms with Crippen LogP contribution in [0.4, 0.5) is 0 Å². The predicted molar refractivity (Wildman–Crippen MR) is 78.0 cm³/mol. The largest absolute Gasteiger partial charge is 0.383 e. The summed E-state index contributed by atoms with van der Waals surface area (Å²) in [5.41, 5.74) is 0. The topological polar surface area (TPSA) is 24.5 Å². The maximum Gasteiger partial charge on any atom is 0.0589 e. The molecule has 0 amide bonds. The van der Waals surface area contributed by atoms with E-state index in [-0.39, 0.29) is 0 Å². The van der Waals surface area contributed by atoms with Gasteiger partial charge in [-0.3, -0.25) is 0 Å². The summed E-state index contributed by atoms with van der Waals surface area (Å²) < 4.78 is 5.21. The Bertz CT molecular complexity index is 199. The molecule has 0 saturated heterocycles. The van der Waals surface area contributed by atoms with Gasteiger partial charge in [0, 0.05) is 26.2 Å². The molecule has 0 radical (unpaired) electrons. The molecule has 1 rings (SSSR count). The van der Waals surface area contributed by atoms with Crippen LogP contribution in [0.5, 0.6) is 0 Å². The molecule has 1 fully saturated rings. The summed E-state index contributed by atoms with van der Waals surface area (Å²) in [5.74, 6) is 0.823. The van der Waals surface area contributed by atoms with Crippen molar-refractivity contribution in [1.29, 1.82) is 0 Å². The highest BCUT2D eigenvalue weighted by molar-refractivity contribution is 4.81. The number of rotatable bonds is 8. The molecule has 18 heavy (non-hydrogen) atoms. The molecule has 2 unspecified atom stereocenters. The number of methoxy groups -OCH3 is 1. The zero-order chi connectivity index (χ0) is 13.2. The van der Waals surface area contributed by atoms with Crippen LogP contribution < -0.4 is 5.32 Å². The lowest BCUT2D eigenvalue weighted by Gasteiger charge is -2.31. The van der Waals surface area contributed by atoms with Gasteiger partial charge in [-0.05, 0) is 31.8 Å². The molecule has 3 heteroatoms. The summed E-state index contributed by atoms with van der Waals surface area (Å²) in [6.07, 6.45) is 6.98. The first kappa shape index (κ1) is 15.9. The molecule has 3 nitrogen and oxygen atoms in total. The zero-order valence-electron chi connectivity index (χ0n) is 12.6. The highest BCUT2D eigenvalue weighted by atomic mass is 16.5. The van der Waals surface area contributed by atoms with Crippen LogP contribution in [0.2, 0.25) is 0 Å². The van der Waals surface area contributed by atoms with Crippen LogP contribution in [0.15, 0.2) is 0 Å². The first-order valence-corrected chi connectivity index (χ1v) is 7.76. The van der Waals surface area contributed by atoms with E-state index in [2.05, 4.69) is 24.1 Å². The second-order valence-electron chi connectivity index (χ2n) is 5.45. The van der Waals surface area contributed by atoms with Gasteiger partial charge in [-0.2, -0.15) is 0 Å². The zero-order valence-corrected chi connectivity index (χ0v) is 12.6. The van der Waals surface area contributed by atoms with Gasteiger partial charge in [-0.1, -0.05) is 33.1 Å². The third-order valence-electron chi connectivity index (χ3n) is 4.18. The van der Waals surface area contributed by atoms with E-state index in [4.69, 9.17) is 4.74 Å². The van der Waals surface area contributed by atoms with Gasteiger partial charge in [0.25, 0.3) is 0 Å². The number of hydrogen-bond acceptors (Lipinski definition) is 3. The number of likely N-dealkylation sites (N-methyl/N-ethyl adjacent to an activating group) is 1. The second kappa shape index (κ2) is 9.76. The smallest absolute Gasteiger partial charge is 0.0589 e. The van der Waals surface area contributed by atoms with E-state index in [0.717, 1.165) is 38.2 Å². The van der Waals surface area contributed by atoms with E-state index < -0.39 is 0 Å². The van der Waals surface area contributed by atoms with E-state index in [1.165, 1.54) is 38.6 Å². The molecule has 1 aliphatic rings. The summed E-state index contributed by atoms with van der Waals surface area (Å²) in [6.45, 7) is 9.88. The fourth-order valence-electron chi connectivity index (χ4n) is 3.06. The Morgan fingerprint density at radius 2 is 1.94 bits per heavy atom. The van der Waals surface area contributed by atoms with Gasteiger partial charge in [-0.25, -0.2) is 0 Å². The SMILES string of the molecule is CCNC1CCCCCC1CN(CC)CCOC. The second-order valence-corrected chi connectivity index (χ2v) is 5.45. The molecule has 0 heterocycles. The normalized spacial score (nSPS) is 25.3. The molecule has 0 aromatic carbocycles. The first-order valence-electron chi connectivity index (χ1n) is 7.76. The Balaban J connectivity index is 2.46. The van der Waals surface area contributed by atoms with Crippen molar-refractivity contribution in [3.8, 4) is 0 Å². The van der Waals surface area contributed by atoms with Gasteiger partial charge >= 0.3 is 0 Å². The van der Waals surface area contributed by atoms with Crippen molar-refractivity contribution in [2.24, 2.45) is 5.92 Å². The van der Waals surface area contributed by atoms with Crippen molar-refractivity contribution in [2.75, 3.05) is 39.9 Å². The van der Waals surface area contributed by atoms with Crippen LogP contribution in [-0.2, 0) is 4.74 Å². The van der Waals surface area contributed by atoms with E-state index >= 15 is 0 Å². The molecule has 1 aliphatic carbocycles. The molecule has 1 saturated carbocycles. The maximum atomic E-state index is 5.21. The summed E-state index contributed by atoms with van der Waals surface area (Å²) in [5, 5.41) is 3.70. The minimum absolute atomic E-state index is 0.731. The van der Waals surface area contributed by atoms with Crippen LogP contribution in [-0.4, -0.2) is 50.8 Å². The van der Waals surface area contributed by atoms with Crippen molar-refractivity contribution >= 4 is 0 Å².